The fourth-order valence-electron chi connectivity index (χ4n) is 4.77. The number of amides is 2. The molecular formula is C23H28N2O2S. The lowest BCUT2D eigenvalue weighted by Gasteiger charge is -2.47. The number of likely N-dealkylation sites (tertiary alicyclic amines) is 1. The van der Waals surface area contributed by atoms with E-state index in [-0.39, 0.29) is 11.8 Å². The van der Waals surface area contributed by atoms with Gasteiger partial charge >= 0.3 is 0 Å². The van der Waals surface area contributed by atoms with Gasteiger partial charge in [-0.2, -0.15) is 0 Å². The monoisotopic (exact) mass is 396 g/mol. The van der Waals surface area contributed by atoms with Crippen molar-refractivity contribution in [1.29, 1.82) is 0 Å². The van der Waals surface area contributed by atoms with Crippen LogP contribution in [0.5, 0.6) is 0 Å². The van der Waals surface area contributed by atoms with Crippen molar-refractivity contribution < 1.29 is 9.59 Å². The van der Waals surface area contributed by atoms with Crippen molar-refractivity contribution in [3.8, 4) is 0 Å². The number of carbonyl (C=O) groups excluding carboxylic acids is 2. The zero-order valence-corrected chi connectivity index (χ0v) is 17.2. The number of hydrogen-bond acceptors (Lipinski definition) is 3. The minimum absolute atomic E-state index is 0.0547. The molecule has 2 aromatic rings. The maximum absolute atomic E-state index is 13.2. The SMILES string of the molecule is C[C@H]1CCN(C(=O)c2ccc(CNC(=O)c3cccs3)cc2)[C@H]2CCCC[C@@H]12. The van der Waals surface area contributed by atoms with Crippen molar-refractivity contribution in [2.24, 2.45) is 11.8 Å². The average molecular weight is 397 g/mol. The van der Waals surface area contributed by atoms with Crippen LogP contribution in [0.1, 0.15) is 64.6 Å². The second-order valence-corrected chi connectivity index (χ2v) is 9.08. The van der Waals surface area contributed by atoms with E-state index in [1.807, 2.05) is 41.8 Å². The molecule has 1 aromatic carbocycles. The van der Waals surface area contributed by atoms with E-state index in [0.717, 1.165) is 36.4 Å². The zero-order valence-electron chi connectivity index (χ0n) is 16.4. The van der Waals surface area contributed by atoms with E-state index in [4.69, 9.17) is 0 Å². The summed E-state index contributed by atoms with van der Waals surface area (Å²) in [7, 11) is 0. The standard InChI is InChI=1S/C23H28N2O2S/c1-16-12-13-25(20-6-3-2-5-19(16)20)23(27)18-10-8-17(9-11-18)15-24-22(26)21-7-4-14-28-21/h4,7-11,14,16,19-20H,2-3,5-6,12-13,15H2,1H3,(H,24,26)/t16-,19-,20-/m0/s1. The van der Waals surface area contributed by atoms with Crippen LogP contribution < -0.4 is 5.32 Å². The Balaban J connectivity index is 1.39. The van der Waals surface area contributed by atoms with E-state index in [9.17, 15) is 9.59 Å². The van der Waals surface area contributed by atoms with Gasteiger partial charge in [0.15, 0.2) is 0 Å². The summed E-state index contributed by atoms with van der Waals surface area (Å²) in [6.07, 6.45) is 6.06. The van der Waals surface area contributed by atoms with E-state index in [1.165, 1.54) is 30.6 Å². The second-order valence-electron chi connectivity index (χ2n) is 8.14. The molecule has 1 N–H and O–H groups in total. The van der Waals surface area contributed by atoms with Crippen LogP contribution in [0.15, 0.2) is 41.8 Å². The Morgan fingerprint density at radius 3 is 2.64 bits per heavy atom. The lowest BCUT2D eigenvalue weighted by molar-refractivity contribution is 0.0217. The van der Waals surface area contributed by atoms with E-state index in [2.05, 4.69) is 17.1 Å². The number of thiophene rings is 1. The molecule has 1 aromatic heterocycles. The smallest absolute Gasteiger partial charge is 0.261 e. The molecule has 4 rings (SSSR count). The highest BCUT2D eigenvalue weighted by Gasteiger charge is 2.39. The molecule has 2 heterocycles. The van der Waals surface area contributed by atoms with Crippen LogP contribution in [-0.4, -0.2) is 29.3 Å². The van der Waals surface area contributed by atoms with Crippen LogP contribution >= 0.6 is 11.3 Å². The molecule has 3 atom stereocenters. The fraction of sp³-hybridized carbons (Fsp3) is 0.478. The van der Waals surface area contributed by atoms with Crippen molar-refractivity contribution in [1.82, 2.24) is 10.2 Å². The lowest BCUT2D eigenvalue weighted by atomic mass is 9.72. The summed E-state index contributed by atoms with van der Waals surface area (Å²) < 4.78 is 0. The average Bonchev–Trinajstić information content (AvgIpc) is 3.27. The molecule has 148 valence electrons. The number of rotatable bonds is 4. The summed E-state index contributed by atoms with van der Waals surface area (Å²) in [5.74, 6) is 1.50. The Bertz CT molecular complexity index is 816. The number of fused-ring (bicyclic) bond motifs is 1. The molecule has 0 spiro atoms. The van der Waals surface area contributed by atoms with Gasteiger partial charge in [-0.15, -0.1) is 11.3 Å². The van der Waals surface area contributed by atoms with E-state index < -0.39 is 0 Å². The molecule has 1 saturated heterocycles. The van der Waals surface area contributed by atoms with Crippen molar-refractivity contribution in [2.75, 3.05) is 6.54 Å². The minimum Gasteiger partial charge on any atom is -0.347 e. The highest BCUT2D eigenvalue weighted by molar-refractivity contribution is 7.12. The number of carbonyl (C=O) groups is 2. The normalized spacial score (nSPS) is 24.5. The predicted octanol–water partition coefficient (Wildman–Crippen LogP) is 4.72. The van der Waals surface area contributed by atoms with E-state index in [1.54, 1.807) is 0 Å². The zero-order chi connectivity index (χ0) is 19.5. The Labute approximate surface area is 170 Å². The number of hydrogen-bond donors (Lipinski definition) is 1. The first-order valence-corrected chi connectivity index (χ1v) is 11.2. The summed E-state index contributed by atoms with van der Waals surface area (Å²) in [6, 6.07) is 11.8. The first-order valence-electron chi connectivity index (χ1n) is 10.3. The Morgan fingerprint density at radius 2 is 1.89 bits per heavy atom. The number of piperidine rings is 1. The number of benzene rings is 1. The Morgan fingerprint density at radius 1 is 1.11 bits per heavy atom. The molecule has 0 unspecified atom stereocenters. The molecule has 28 heavy (non-hydrogen) atoms. The maximum atomic E-state index is 13.2. The Kier molecular flexibility index (Phi) is 5.81. The van der Waals surface area contributed by atoms with Crippen molar-refractivity contribution in [3.63, 3.8) is 0 Å². The van der Waals surface area contributed by atoms with Gasteiger partial charge in [0.25, 0.3) is 11.8 Å². The van der Waals surface area contributed by atoms with Crippen LogP contribution in [0.2, 0.25) is 0 Å². The fourth-order valence-corrected chi connectivity index (χ4v) is 5.41. The van der Waals surface area contributed by atoms with Crippen LogP contribution in [0.3, 0.4) is 0 Å². The van der Waals surface area contributed by atoms with Gasteiger partial charge in [0.1, 0.15) is 0 Å². The van der Waals surface area contributed by atoms with Gasteiger partial charge in [0.05, 0.1) is 4.88 Å². The topological polar surface area (TPSA) is 49.4 Å². The molecular weight excluding hydrogens is 368 g/mol. The van der Waals surface area contributed by atoms with Gasteiger partial charge in [-0.05, 0) is 60.2 Å². The van der Waals surface area contributed by atoms with Crippen molar-refractivity contribution in [2.45, 2.75) is 51.6 Å². The molecule has 1 aliphatic heterocycles. The lowest BCUT2D eigenvalue weighted by Crippen LogP contribution is -2.52. The van der Waals surface area contributed by atoms with Gasteiger partial charge in [-0.3, -0.25) is 9.59 Å². The van der Waals surface area contributed by atoms with E-state index in [0.29, 0.717) is 23.4 Å². The second kappa shape index (κ2) is 8.48. The molecule has 4 nitrogen and oxygen atoms in total. The highest BCUT2D eigenvalue weighted by Crippen LogP contribution is 2.39. The molecule has 5 heteroatoms. The predicted molar refractivity (Wildman–Crippen MR) is 112 cm³/mol. The molecule has 2 aliphatic rings. The van der Waals surface area contributed by atoms with Gasteiger partial charge in [-0.1, -0.05) is 38.0 Å². The summed E-state index contributed by atoms with van der Waals surface area (Å²) in [6.45, 7) is 3.70. The number of nitrogens with zero attached hydrogens (tertiary/aromatic N) is 1. The summed E-state index contributed by atoms with van der Waals surface area (Å²) in [5, 5.41) is 4.83. The molecule has 0 bridgehead atoms. The van der Waals surface area contributed by atoms with Crippen molar-refractivity contribution >= 4 is 23.2 Å². The summed E-state index contributed by atoms with van der Waals surface area (Å²) >= 11 is 1.44. The van der Waals surface area contributed by atoms with Gasteiger partial charge in [0.2, 0.25) is 0 Å². The first-order chi connectivity index (χ1) is 13.6. The van der Waals surface area contributed by atoms with E-state index >= 15 is 0 Å². The number of nitrogens with one attached hydrogen (secondary N) is 1. The molecule has 2 fully saturated rings. The van der Waals surface area contributed by atoms with Crippen LogP contribution in [-0.2, 0) is 6.54 Å². The highest BCUT2D eigenvalue weighted by atomic mass is 32.1. The molecule has 0 radical (unpaired) electrons. The van der Waals surface area contributed by atoms with Crippen LogP contribution in [0, 0.1) is 11.8 Å². The largest absolute Gasteiger partial charge is 0.347 e. The third-order valence-electron chi connectivity index (χ3n) is 6.40. The minimum atomic E-state index is -0.0547. The Hall–Kier alpha value is -2.14. The maximum Gasteiger partial charge on any atom is 0.261 e. The van der Waals surface area contributed by atoms with Crippen LogP contribution in [0.25, 0.3) is 0 Å². The third-order valence-corrected chi connectivity index (χ3v) is 7.27. The van der Waals surface area contributed by atoms with Crippen molar-refractivity contribution in [3.05, 3.63) is 57.8 Å². The molecule has 1 saturated carbocycles. The quantitative estimate of drug-likeness (QED) is 0.813. The third kappa shape index (κ3) is 4.00. The summed E-state index contributed by atoms with van der Waals surface area (Å²) in [5.41, 5.74) is 1.76. The van der Waals surface area contributed by atoms with Gasteiger partial charge in [-0.25, -0.2) is 0 Å². The first kappa shape index (κ1) is 19.2. The van der Waals surface area contributed by atoms with Crippen LogP contribution in [0.4, 0.5) is 0 Å². The molecule has 2 amide bonds. The van der Waals surface area contributed by atoms with Gasteiger partial charge < -0.3 is 10.2 Å². The van der Waals surface area contributed by atoms with Gasteiger partial charge in [0, 0.05) is 24.7 Å². The summed E-state index contributed by atoms with van der Waals surface area (Å²) in [4.78, 5) is 28.1. The molecule has 1 aliphatic carbocycles.